The van der Waals surface area contributed by atoms with Crippen LogP contribution in [-0.2, 0) is 0 Å². The number of nitrogens with zero attached hydrogens (tertiary/aromatic N) is 3. The first-order valence-electron chi connectivity index (χ1n) is 7.85. The Morgan fingerprint density at radius 2 is 2.12 bits per heavy atom. The molecule has 1 saturated heterocycles. The Balaban J connectivity index is 1.60. The normalized spacial score (nSPS) is 14.4. The molecule has 0 atom stereocenters. The van der Waals surface area contributed by atoms with E-state index in [9.17, 15) is 14.9 Å². The van der Waals surface area contributed by atoms with Crippen molar-refractivity contribution in [3.8, 4) is 5.75 Å². The molecule has 2 aromatic rings. The molecule has 0 spiro atoms. The molecule has 132 valence electrons. The van der Waals surface area contributed by atoms with E-state index in [1.165, 1.54) is 36.0 Å². The van der Waals surface area contributed by atoms with Crippen LogP contribution >= 0.6 is 22.9 Å². The van der Waals surface area contributed by atoms with Crippen LogP contribution in [0, 0.1) is 10.1 Å². The molecule has 1 aromatic heterocycles. The summed E-state index contributed by atoms with van der Waals surface area (Å²) in [4.78, 5) is 29.5. The number of halogens is 1. The number of thiazole rings is 1. The molecule has 0 amide bonds. The quantitative estimate of drug-likeness (QED) is 0.427. The molecule has 0 N–H and O–H groups in total. The Morgan fingerprint density at radius 3 is 2.80 bits per heavy atom. The lowest BCUT2D eigenvalue weighted by Crippen LogP contribution is -2.29. The summed E-state index contributed by atoms with van der Waals surface area (Å²) in [5, 5.41) is 11.6. The molecule has 0 saturated carbocycles. The number of carbonyl (C=O) groups is 1. The number of Topliss-reactive ketones (excluding diaryl/α,β-unsaturated/α-hetero) is 1. The van der Waals surface area contributed by atoms with Gasteiger partial charge in [0, 0.05) is 25.2 Å². The number of hydrogen-bond acceptors (Lipinski definition) is 7. The molecule has 1 fully saturated rings. The number of nitro benzene ring substituents is 1. The number of aromatic nitrogens is 1. The first kappa shape index (κ1) is 17.6. The van der Waals surface area contributed by atoms with Gasteiger partial charge in [-0.2, -0.15) is 0 Å². The van der Waals surface area contributed by atoms with Crippen molar-refractivity contribution in [1.82, 2.24) is 4.98 Å². The van der Waals surface area contributed by atoms with Crippen LogP contribution in [0.25, 0.3) is 0 Å². The van der Waals surface area contributed by atoms with Crippen molar-refractivity contribution in [1.29, 1.82) is 0 Å². The lowest BCUT2D eigenvalue weighted by Gasteiger charge is -2.25. The number of benzene rings is 1. The Kier molecular flexibility index (Phi) is 5.50. The number of hydrogen-bond donors (Lipinski definition) is 0. The molecule has 7 nitrogen and oxygen atoms in total. The van der Waals surface area contributed by atoms with Gasteiger partial charge in [0.2, 0.25) is 5.78 Å². The third kappa shape index (κ3) is 4.26. The lowest BCUT2D eigenvalue weighted by molar-refractivity contribution is -0.384. The third-order valence-electron chi connectivity index (χ3n) is 3.88. The maximum absolute atomic E-state index is 12.3. The van der Waals surface area contributed by atoms with Crippen molar-refractivity contribution in [2.24, 2.45) is 0 Å². The van der Waals surface area contributed by atoms with Crippen LogP contribution in [0.1, 0.15) is 28.9 Å². The third-order valence-corrected chi connectivity index (χ3v) is 5.28. The van der Waals surface area contributed by atoms with Crippen LogP contribution in [0.15, 0.2) is 24.4 Å². The molecule has 0 bridgehead atoms. The number of carbonyl (C=O) groups excluding carboxylic acids is 1. The molecule has 0 aliphatic carbocycles. The molecule has 9 heteroatoms. The van der Waals surface area contributed by atoms with E-state index in [1.54, 1.807) is 6.20 Å². The van der Waals surface area contributed by atoms with Crippen molar-refractivity contribution >= 4 is 39.5 Å². The zero-order valence-electron chi connectivity index (χ0n) is 13.3. The fraction of sp³-hybridized carbons (Fsp3) is 0.375. The van der Waals surface area contributed by atoms with Crippen molar-refractivity contribution < 1.29 is 14.5 Å². The van der Waals surface area contributed by atoms with Crippen LogP contribution in [0.2, 0.25) is 5.02 Å². The summed E-state index contributed by atoms with van der Waals surface area (Å²) in [5.74, 6) is 0.125. The molecular formula is C16H16ClN3O4S. The van der Waals surface area contributed by atoms with E-state index in [0.29, 0.717) is 10.6 Å². The van der Waals surface area contributed by atoms with Gasteiger partial charge in [0.1, 0.15) is 10.8 Å². The van der Waals surface area contributed by atoms with Gasteiger partial charge in [-0.15, -0.1) is 0 Å². The van der Waals surface area contributed by atoms with E-state index in [2.05, 4.69) is 9.88 Å². The SMILES string of the molecule is O=C(COc1ccc([N+](=O)[O-])c(Cl)c1)c1cnc(N2CCCCC2)s1. The van der Waals surface area contributed by atoms with Crippen LogP contribution in [-0.4, -0.2) is 35.4 Å². The van der Waals surface area contributed by atoms with Crippen molar-refractivity contribution in [3.63, 3.8) is 0 Å². The van der Waals surface area contributed by atoms with E-state index in [4.69, 9.17) is 16.3 Å². The van der Waals surface area contributed by atoms with E-state index < -0.39 is 4.92 Å². The Bertz CT molecular complexity index is 789. The molecule has 3 rings (SSSR count). The number of piperidine rings is 1. The number of rotatable bonds is 6. The van der Waals surface area contributed by atoms with Gasteiger partial charge in [-0.05, 0) is 25.3 Å². The summed E-state index contributed by atoms with van der Waals surface area (Å²) in [6, 6.07) is 4.01. The number of anilines is 1. The predicted octanol–water partition coefficient (Wildman–Crippen LogP) is 3.96. The van der Waals surface area contributed by atoms with Crippen molar-refractivity contribution in [2.75, 3.05) is 24.6 Å². The number of nitro groups is 1. The summed E-state index contributed by atoms with van der Waals surface area (Å²) in [7, 11) is 0. The molecule has 25 heavy (non-hydrogen) atoms. The van der Waals surface area contributed by atoms with Crippen molar-refractivity contribution in [2.45, 2.75) is 19.3 Å². The van der Waals surface area contributed by atoms with Gasteiger partial charge >= 0.3 is 0 Å². The number of ether oxygens (including phenoxy) is 1. The average Bonchev–Trinajstić information content (AvgIpc) is 3.10. The summed E-state index contributed by atoms with van der Waals surface area (Å²) in [5.41, 5.74) is -0.200. The second-order valence-corrected chi connectivity index (χ2v) is 7.05. The van der Waals surface area contributed by atoms with Gasteiger partial charge in [0.05, 0.1) is 16.0 Å². The van der Waals surface area contributed by atoms with Gasteiger partial charge in [-0.1, -0.05) is 22.9 Å². The van der Waals surface area contributed by atoms with E-state index >= 15 is 0 Å². The van der Waals surface area contributed by atoms with Gasteiger partial charge in [0.15, 0.2) is 11.7 Å². The summed E-state index contributed by atoms with van der Waals surface area (Å²) >= 11 is 7.19. The molecule has 0 unspecified atom stereocenters. The Morgan fingerprint density at radius 1 is 1.36 bits per heavy atom. The minimum absolute atomic E-state index is 0.0277. The molecule has 1 aliphatic rings. The molecule has 0 radical (unpaired) electrons. The molecule has 1 aliphatic heterocycles. The second kappa shape index (κ2) is 7.79. The highest BCUT2D eigenvalue weighted by molar-refractivity contribution is 7.17. The minimum atomic E-state index is -0.573. The standard InChI is InChI=1S/C16H16ClN3O4S/c17-12-8-11(4-5-13(12)20(22)23)24-10-14(21)15-9-18-16(25-15)19-6-2-1-3-7-19/h4-5,8-9H,1-3,6-7,10H2. The van der Waals surface area contributed by atoms with Gasteiger partial charge < -0.3 is 9.64 Å². The van der Waals surface area contributed by atoms with E-state index in [-0.39, 0.29) is 23.1 Å². The highest BCUT2D eigenvalue weighted by Gasteiger charge is 2.18. The highest BCUT2D eigenvalue weighted by atomic mass is 35.5. The van der Waals surface area contributed by atoms with Crippen LogP contribution in [0.3, 0.4) is 0 Å². The molecule has 2 heterocycles. The van der Waals surface area contributed by atoms with Gasteiger partial charge in [-0.25, -0.2) is 4.98 Å². The largest absolute Gasteiger partial charge is 0.485 e. The van der Waals surface area contributed by atoms with Gasteiger partial charge in [0.25, 0.3) is 5.69 Å². The Hall–Kier alpha value is -2.19. The van der Waals surface area contributed by atoms with Gasteiger partial charge in [-0.3, -0.25) is 14.9 Å². The monoisotopic (exact) mass is 381 g/mol. The van der Waals surface area contributed by atoms with E-state index in [0.717, 1.165) is 31.1 Å². The zero-order valence-corrected chi connectivity index (χ0v) is 14.9. The summed E-state index contributed by atoms with van der Waals surface area (Å²) in [6.07, 6.45) is 5.10. The second-order valence-electron chi connectivity index (χ2n) is 5.64. The zero-order chi connectivity index (χ0) is 17.8. The summed E-state index contributed by atoms with van der Waals surface area (Å²) < 4.78 is 5.40. The molecule has 1 aromatic carbocycles. The Labute approximate surface area is 153 Å². The minimum Gasteiger partial charge on any atom is -0.485 e. The van der Waals surface area contributed by atoms with Crippen LogP contribution < -0.4 is 9.64 Å². The van der Waals surface area contributed by atoms with Crippen LogP contribution in [0.5, 0.6) is 5.75 Å². The predicted molar refractivity (Wildman–Crippen MR) is 96.1 cm³/mol. The topological polar surface area (TPSA) is 85.6 Å². The smallest absolute Gasteiger partial charge is 0.288 e. The van der Waals surface area contributed by atoms with Crippen molar-refractivity contribution in [3.05, 3.63) is 44.4 Å². The first-order chi connectivity index (χ1) is 12.0. The maximum atomic E-state index is 12.3. The molecular weight excluding hydrogens is 366 g/mol. The summed E-state index contributed by atoms with van der Waals surface area (Å²) in [6.45, 7) is 1.77. The van der Waals surface area contributed by atoms with Crippen LogP contribution in [0.4, 0.5) is 10.8 Å². The lowest BCUT2D eigenvalue weighted by atomic mass is 10.1. The fourth-order valence-corrected chi connectivity index (χ4v) is 3.70. The fourth-order valence-electron chi connectivity index (χ4n) is 2.57. The number of ketones is 1. The average molecular weight is 382 g/mol. The maximum Gasteiger partial charge on any atom is 0.288 e. The van der Waals surface area contributed by atoms with E-state index in [1.807, 2.05) is 0 Å². The highest BCUT2D eigenvalue weighted by Crippen LogP contribution is 2.29. The first-order valence-corrected chi connectivity index (χ1v) is 9.05.